The van der Waals surface area contributed by atoms with Crippen LogP contribution < -0.4 is 4.74 Å². The molecule has 130 valence electrons. The lowest BCUT2D eigenvalue weighted by Crippen LogP contribution is -2.12. The van der Waals surface area contributed by atoms with Gasteiger partial charge in [-0.3, -0.25) is 14.8 Å². The lowest BCUT2D eigenvalue weighted by atomic mass is 9.94. The summed E-state index contributed by atoms with van der Waals surface area (Å²) in [6, 6.07) is 15.7. The number of ketones is 1. The van der Waals surface area contributed by atoms with Crippen molar-refractivity contribution in [1.82, 2.24) is 9.97 Å². The molecule has 0 bridgehead atoms. The minimum Gasteiger partial charge on any atom is -0.493 e. The molecule has 0 atom stereocenters. The Morgan fingerprint density at radius 1 is 1.00 bits per heavy atom. The van der Waals surface area contributed by atoms with Gasteiger partial charge in [0.25, 0.3) is 0 Å². The maximum Gasteiger partial charge on any atom is 0.164 e. The molecule has 0 unspecified atom stereocenters. The van der Waals surface area contributed by atoms with Crippen molar-refractivity contribution in [2.24, 2.45) is 0 Å². The van der Waals surface area contributed by atoms with Gasteiger partial charge in [-0.1, -0.05) is 12.1 Å². The van der Waals surface area contributed by atoms with E-state index in [1.807, 2.05) is 55.5 Å². The molecule has 0 spiro atoms. The number of Topliss-reactive ketones (excluding diaryl/α,β-unsaturated/α-hetero) is 1. The van der Waals surface area contributed by atoms with Crippen LogP contribution in [0.5, 0.6) is 5.75 Å². The number of carbonyl (C=O) groups is 1. The number of ether oxygens (including phenoxy) is 1. The number of carbonyl (C=O) groups excluding carboxylic acids is 1. The van der Waals surface area contributed by atoms with Gasteiger partial charge >= 0.3 is 0 Å². The number of fused-ring (bicyclic) bond motifs is 1. The van der Waals surface area contributed by atoms with E-state index >= 15 is 0 Å². The van der Waals surface area contributed by atoms with Crippen molar-refractivity contribution >= 4 is 5.78 Å². The number of hydrogen-bond acceptors (Lipinski definition) is 4. The maximum absolute atomic E-state index is 12.0. The zero-order valence-electron chi connectivity index (χ0n) is 14.7. The van der Waals surface area contributed by atoms with Crippen LogP contribution >= 0.6 is 0 Å². The molecule has 0 radical (unpaired) electrons. The van der Waals surface area contributed by atoms with Crippen molar-refractivity contribution in [3.63, 3.8) is 0 Å². The molecule has 1 aliphatic rings. The Labute approximate surface area is 152 Å². The number of benzene rings is 1. The summed E-state index contributed by atoms with van der Waals surface area (Å²) in [7, 11) is 0. The van der Waals surface area contributed by atoms with E-state index in [-0.39, 0.29) is 5.78 Å². The average Bonchev–Trinajstić information content (AvgIpc) is 2.69. The van der Waals surface area contributed by atoms with Crippen molar-refractivity contribution in [2.75, 3.05) is 6.61 Å². The van der Waals surface area contributed by atoms with Gasteiger partial charge in [0.2, 0.25) is 0 Å². The van der Waals surface area contributed by atoms with Gasteiger partial charge in [-0.2, -0.15) is 0 Å². The van der Waals surface area contributed by atoms with Gasteiger partial charge < -0.3 is 4.74 Å². The second-order valence-electron chi connectivity index (χ2n) is 6.33. The third-order valence-electron chi connectivity index (χ3n) is 4.61. The molecule has 0 N–H and O–H groups in total. The quantitative estimate of drug-likeness (QED) is 0.687. The standard InChI is InChI=1S/C22H20N2O2/c1-2-26-22-14-15(9-10-17(22)19-6-3-4-13-23-19)18-12-11-16-20(24-18)7-5-8-21(16)25/h3-4,6,9-14H,2,5,7-8H2,1H3. The van der Waals surface area contributed by atoms with Crippen LogP contribution in [0.15, 0.2) is 54.7 Å². The molecule has 4 rings (SSSR count). The fraction of sp³-hybridized carbons (Fsp3) is 0.227. The van der Waals surface area contributed by atoms with Crippen molar-refractivity contribution in [3.05, 3.63) is 66.0 Å². The third-order valence-corrected chi connectivity index (χ3v) is 4.61. The summed E-state index contributed by atoms with van der Waals surface area (Å²) < 4.78 is 5.86. The van der Waals surface area contributed by atoms with Crippen molar-refractivity contribution < 1.29 is 9.53 Å². The first kappa shape index (κ1) is 16.5. The van der Waals surface area contributed by atoms with Gasteiger partial charge in [0.15, 0.2) is 5.78 Å². The van der Waals surface area contributed by atoms with E-state index in [4.69, 9.17) is 9.72 Å². The molecule has 1 aliphatic carbocycles. The zero-order valence-corrected chi connectivity index (χ0v) is 14.7. The highest BCUT2D eigenvalue weighted by molar-refractivity contribution is 5.98. The van der Waals surface area contributed by atoms with E-state index in [2.05, 4.69) is 4.98 Å². The van der Waals surface area contributed by atoms with Crippen LogP contribution in [0.25, 0.3) is 22.5 Å². The molecule has 26 heavy (non-hydrogen) atoms. The summed E-state index contributed by atoms with van der Waals surface area (Å²) in [6.45, 7) is 2.55. The summed E-state index contributed by atoms with van der Waals surface area (Å²) in [5, 5.41) is 0. The number of nitrogens with zero attached hydrogens (tertiary/aromatic N) is 2. The van der Waals surface area contributed by atoms with E-state index in [0.29, 0.717) is 13.0 Å². The highest BCUT2D eigenvalue weighted by atomic mass is 16.5. The zero-order chi connectivity index (χ0) is 17.9. The Balaban J connectivity index is 1.76. The number of hydrogen-bond donors (Lipinski definition) is 0. The van der Waals surface area contributed by atoms with Crippen molar-refractivity contribution in [1.29, 1.82) is 0 Å². The molecule has 2 aromatic heterocycles. The highest BCUT2D eigenvalue weighted by Gasteiger charge is 2.19. The largest absolute Gasteiger partial charge is 0.493 e. The second-order valence-corrected chi connectivity index (χ2v) is 6.33. The molecule has 0 fully saturated rings. The summed E-state index contributed by atoms with van der Waals surface area (Å²) in [5.74, 6) is 0.991. The lowest BCUT2D eigenvalue weighted by Gasteiger charge is -2.16. The van der Waals surface area contributed by atoms with E-state index in [9.17, 15) is 4.79 Å². The summed E-state index contributed by atoms with van der Waals surface area (Å²) >= 11 is 0. The van der Waals surface area contributed by atoms with Crippen molar-refractivity contribution in [2.45, 2.75) is 26.2 Å². The van der Waals surface area contributed by atoms with Gasteiger partial charge in [0.05, 0.1) is 23.7 Å². The molecule has 4 heteroatoms. The van der Waals surface area contributed by atoms with Crippen LogP contribution in [0.1, 0.15) is 35.8 Å². The normalized spacial score (nSPS) is 13.3. The SMILES string of the molecule is CCOc1cc(-c2ccc3c(n2)CCCC3=O)ccc1-c1ccccn1. The number of rotatable bonds is 4. The molecule has 0 amide bonds. The molecule has 2 heterocycles. The highest BCUT2D eigenvalue weighted by Crippen LogP contribution is 2.33. The van der Waals surface area contributed by atoms with Crippen LogP contribution in [0.2, 0.25) is 0 Å². The van der Waals surface area contributed by atoms with Crippen molar-refractivity contribution in [3.8, 4) is 28.3 Å². The van der Waals surface area contributed by atoms with Gasteiger partial charge in [0, 0.05) is 29.3 Å². The number of aryl methyl sites for hydroxylation is 1. The van der Waals surface area contributed by atoms with Crippen LogP contribution in [0.3, 0.4) is 0 Å². The first-order chi connectivity index (χ1) is 12.8. The minimum absolute atomic E-state index is 0.200. The van der Waals surface area contributed by atoms with Gasteiger partial charge in [-0.05, 0) is 56.2 Å². The molecule has 1 aromatic carbocycles. The van der Waals surface area contributed by atoms with Crippen LogP contribution in [-0.4, -0.2) is 22.4 Å². The average molecular weight is 344 g/mol. The molecule has 0 saturated carbocycles. The van der Waals surface area contributed by atoms with E-state index in [0.717, 1.165) is 52.4 Å². The first-order valence-electron chi connectivity index (χ1n) is 8.98. The fourth-order valence-electron chi connectivity index (χ4n) is 3.35. The third kappa shape index (κ3) is 3.10. The molecule has 3 aromatic rings. The number of aromatic nitrogens is 2. The Kier molecular flexibility index (Phi) is 4.48. The van der Waals surface area contributed by atoms with E-state index in [1.165, 1.54) is 0 Å². The predicted molar refractivity (Wildman–Crippen MR) is 101 cm³/mol. The predicted octanol–water partition coefficient (Wildman–Crippen LogP) is 4.73. The minimum atomic E-state index is 0.200. The summed E-state index contributed by atoms with van der Waals surface area (Å²) in [6.07, 6.45) is 4.15. The Morgan fingerprint density at radius 2 is 1.88 bits per heavy atom. The first-order valence-corrected chi connectivity index (χ1v) is 8.98. The Morgan fingerprint density at radius 3 is 2.69 bits per heavy atom. The molecular weight excluding hydrogens is 324 g/mol. The lowest BCUT2D eigenvalue weighted by molar-refractivity contribution is 0.0971. The number of pyridine rings is 2. The maximum atomic E-state index is 12.0. The smallest absolute Gasteiger partial charge is 0.164 e. The second kappa shape index (κ2) is 7.08. The van der Waals surface area contributed by atoms with Gasteiger partial charge in [-0.25, -0.2) is 0 Å². The van der Waals surface area contributed by atoms with Crippen LogP contribution in [0.4, 0.5) is 0 Å². The van der Waals surface area contributed by atoms with Gasteiger partial charge in [0.1, 0.15) is 5.75 Å². The molecule has 4 nitrogen and oxygen atoms in total. The molecule has 0 saturated heterocycles. The Bertz CT molecular complexity index is 952. The summed E-state index contributed by atoms with van der Waals surface area (Å²) in [5.41, 5.74) is 5.37. The van der Waals surface area contributed by atoms with Gasteiger partial charge in [-0.15, -0.1) is 0 Å². The Hall–Kier alpha value is -3.01. The van der Waals surface area contributed by atoms with E-state index in [1.54, 1.807) is 6.20 Å². The van der Waals surface area contributed by atoms with Crippen LogP contribution in [-0.2, 0) is 6.42 Å². The fourth-order valence-corrected chi connectivity index (χ4v) is 3.35. The van der Waals surface area contributed by atoms with Crippen LogP contribution in [0, 0.1) is 0 Å². The summed E-state index contributed by atoms with van der Waals surface area (Å²) in [4.78, 5) is 21.2. The molecule has 0 aliphatic heterocycles. The van der Waals surface area contributed by atoms with E-state index < -0.39 is 0 Å². The monoisotopic (exact) mass is 344 g/mol. The molecular formula is C22H20N2O2. The topological polar surface area (TPSA) is 52.1 Å².